The van der Waals surface area contributed by atoms with Crippen molar-refractivity contribution in [1.82, 2.24) is 5.32 Å². The molecule has 1 rings (SSSR count). The van der Waals surface area contributed by atoms with Crippen molar-refractivity contribution in [3.8, 4) is 0 Å². The Kier molecular flexibility index (Phi) is 5.53. The molecule has 4 N–H and O–H groups in total. The van der Waals surface area contributed by atoms with Gasteiger partial charge in [-0.05, 0) is 18.5 Å². The van der Waals surface area contributed by atoms with Gasteiger partial charge >= 0.3 is 0 Å². The minimum Gasteiger partial charge on any atom is -0.394 e. The largest absolute Gasteiger partial charge is 0.394 e. The van der Waals surface area contributed by atoms with Crippen LogP contribution in [-0.4, -0.2) is 24.2 Å². The van der Waals surface area contributed by atoms with Crippen molar-refractivity contribution in [3.05, 3.63) is 35.9 Å². The quantitative estimate of drug-likeness (QED) is 0.659. The summed E-state index contributed by atoms with van der Waals surface area (Å²) in [5, 5.41) is 12.0. The van der Waals surface area contributed by atoms with Crippen molar-refractivity contribution in [2.75, 3.05) is 13.2 Å². The van der Waals surface area contributed by atoms with E-state index >= 15 is 0 Å². The fourth-order valence-electron chi connectivity index (χ4n) is 1.45. The third kappa shape index (κ3) is 4.00. The molecule has 1 atom stereocenters. The van der Waals surface area contributed by atoms with E-state index < -0.39 is 0 Å². The van der Waals surface area contributed by atoms with Crippen LogP contribution in [0.4, 0.5) is 0 Å². The molecule has 1 amide bonds. The number of nitrogens with two attached hydrogens (primary N) is 1. The maximum Gasteiger partial charge on any atom is 0.220 e. The van der Waals surface area contributed by atoms with Gasteiger partial charge in [0, 0.05) is 6.42 Å². The lowest BCUT2D eigenvalue weighted by Crippen LogP contribution is -2.30. The summed E-state index contributed by atoms with van der Waals surface area (Å²) in [6, 6.07) is 9.09. The Balaban J connectivity index is 2.52. The normalized spacial score (nSPS) is 12.1. The summed E-state index contributed by atoms with van der Waals surface area (Å²) in [5.74, 6) is -0.0756. The molecule has 1 aromatic carbocycles. The molecule has 4 heteroatoms. The number of amides is 1. The summed E-state index contributed by atoms with van der Waals surface area (Å²) in [6.07, 6.45) is 1.07. The first kappa shape index (κ1) is 12.7. The highest BCUT2D eigenvalue weighted by atomic mass is 16.3. The van der Waals surface area contributed by atoms with Gasteiger partial charge in [0.15, 0.2) is 0 Å². The number of benzene rings is 1. The number of carbonyl (C=O) groups excluding carboxylic acids is 1. The number of aliphatic hydroxyl groups is 1. The maximum absolute atomic E-state index is 11.5. The number of nitrogens with one attached hydrogen (secondary N) is 1. The SMILES string of the molecule is NCCCC(=O)N[C@H](CO)c1ccccc1. The molecular formula is C12H18N2O2. The van der Waals surface area contributed by atoms with E-state index in [1.807, 2.05) is 30.3 Å². The highest BCUT2D eigenvalue weighted by molar-refractivity contribution is 5.76. The summed E-state index contributed by atoms with van der Waals surface area (Å²) in [7, 11) is 0. The van der Waals surface area contributed by atoms with Crippen LogP contribution in [0.3, 0.4) is 0 Å². The highest BCUT2D eigenvalue weighted by Gasteiger charge is 2.12. The maximum atomic E-state index is 11.5. The Morgan fingerprint density at radius 1 is 1.38 bits per heavy atom. The molecule has 0 saturated carbocycles. The fraction of sp³-hybridized carbons (Fsp3) is 0.417. The molecule has 0 heterocycles. The second-order valence-corrected chi connectivity index (χ2v) is 3.61. The van der Waals surface area contributed by atoms with Gasteiger partial charge in [-0.3, -0.25) is 4.79 Å². The van der Waals surface area contributed by atoms with Crippen LogP contribution in [0.1, 0.15) is 24.4 Å². The summed E-state index contributed by atoms with van der Waals surface area (Å²) in [4.78, 5) is 11.5. The Bertz CT molecular complexity index is 314. The first-order valence-electron chi connectivity index (χ1n) is 5.43. The van der Waals surface area contributed by atoms with Gasteiger partial charge in [-0.1, -0.05) is 30.3 Å². The van der Waals surface area contributed by atoms with E-state index in [4.69, 9.17) is 5.73 Å². The van der Waals surface area contributed by atoms with Gasteiger partial charge in [-0.15, -0.1) is 0 Å². The van der Waals surface area contributed by atoms with Crippen LogP contribution >= 0.6 is 0 Å². The minimum absolute atomic E-state index is 0.0756. The Hall–Kier alpha value is -1.39. The zero-order chi connectivity index (χ0) is 11.8. The third-order valence-electron chi connectivity index (χ3n) is 2.33. The molecule has 0 saturated heterocycles. The predicted octanol–water partition coefficient (Wildman–Crippen LogP) is 0.575. The smallest absolute Gasteiger partial charge is 0.220 e. The molecule has 0 aliphatic rings. The van der Waals surface area contributed by atoms with E-state index in [0.717, 1.165) is 5.56 Å². The number of carbonyl (C=O) groups is 1. The predicted molar refractivity (Wildman–Crippen MR) is 62.7 cm³/mol. The molecule has 0 radical (unpaired) electrons. The van der Waals surface area contributed by atoms with E-state index in [-0.39, 0.29) is 18.6 Å². The molecule has 1 aromatic rings. The molecule has 0 aromatic heterocycles. The van der Waals surface area contributed by atoms with E-state index in [1.54, 1.807) is 0 Å². The molecule has 88 valence electrons. The molecule has 0 aliphatic carbocycles. The number of hydrogen-bond donors (Lipinski definition) is 3. The zero-order valence-electron chi connectivity index (χ0n) is 9.23. The molecule has 0 bridgehead atoms. The summed E-state index contributed by atoms with van der Waals surface area (Å²) < 4.78 is 0. The van der Waals surface area contributed by atoms with E-state index in [0.29, 0.717) is 19.4 Å². The monoisotopic (exact) mass is 222 g/mol. The topological polar surface area (TPSA) is 75.4 Å². The Labute approximate surface area is 95.5 Å². The minimum atomic E-state index is -0.327. The van der Waals surface area contributed by atoms with E-state index in [9.17, 15) is 9.90 Å². The second kappa shape index (κ2) is 6.98. The number of aliphatic hydroxyl groups excluding tert-OH is 1. The van der Waals surface area contributed by atoms with Crippen LogP contribution in [0.15, 0.2) is 30.3 Å². The van der Waals surface area contributed by atoms with Crippen molar-refractivity contribution >= 4 is 5.91 Å². The lowest BCUT2D eigenvalue weighted by atomic mass is 10.1. The Morgan fingerprint density at radius 3 is 2.62 bits per heavy atom. The highest BCUT2D eigenvalue weighted by Crippen LogP contribution is 2.11. The summed E-state index contributed by atoms with van der Waals surface area (Å²) in [5.41, 5.74) is 6.23. The van der Waals surface area contributed by atoms with Crippen LogP contribution in [0, 0.1) is 0 Å². The standard InChI is InChI=1S/C12H18N2O2/c13-8-4-7-12(16)14-11(9-15)10-5-2-1-3-6-10/h1-3,5-6,11,15H,4,7-9,13H2,(H,14,16)/t11-/m1/s1. The van der Waals surface area contributed by atoms with Gasteiger partial charge in [-0.25, -0.2) is 0 Å². The van der Waals surface area contributed by atoms with Gasteiger partial charge in [-0.2, -0.15) is 0 Å². The number of rotatable bonds is 6. The van der Waals surface area contributed by atoms with Crippen LogP contribution < -0.4 is 11.1 Å². The molecule has 0 spiro atoms. The lowest BCUT2D eigenvalue weighted by molar-refractivity contribution is -0.122. The summed E-state index contributed by atoms with van der Waals surface area (Å²) in [6.45, 7) is 0.404. The van der Waals surface area contributed by atoms with Crippen molar-refractivity contribution in [1.29, 1.82) is 0 Å². The zero-order valence-corrected chi connectivity index (χ0v) is 9.23. The van der Waals surface area contributed by atoms with E-state index in [2.05, 4.69) is 5.32 Å². The van der Waals surface area contributed by atoms with Gasteiger partial charge < -0.3 is 16.2 Å². The van der Waals surface area contributed by atoms with E-state index in [1.165, 1.54) is 0 Å². The van der Waals surface area contributed by atoms with Crippen LogP contribution in [0.5, 0.6) is 0 Å². The molecule has 0 fully saturated rings. The van der Waals surface area contributed by atoms with Crippen LogP contribution in [0.2, 0.25) is 0 Å². The van der Waals surface area contributed by atoms with Gasteiger partial charge in [0.25, 0.3) is 0 Å². The summed E-state index contributed by atoms with van der Waals surface area (Å²) >= 11 is 0. The lowest BCUT2D eigenvalue weighted by Gasteiger charge is -2.16. The van der Waals surface area contributed by atoms with Gasteiger partial charge in [0.05, 0.1) is 12.6 Å². The van der Waals surface area contributed by atoms with Crippen LogP contribution in [0.25, 0.3) is 0 Å². The van der Waals surface area contributed by atoms with Crippen molar-refractivity contribution in [2.24, 2.45) is 5.73 Å². The van der Waals surface area contributed by atoms with Crippen LogP contribution in [-0.2, 0) is 4.79 Å². The average Bonchev–Trinajstić information content (AvgIpc) is 2.34. The van der Waals surface area contributed by atoms with Gasteiger partial charge in [0.1, 0.15) is 0 Å². The first-order valence-corrected chi connectivity index (χ1v) is 5.43. The number of hydrogen-bond acceptors (Lipinski definition) is 3. The molecule has 0 unspecified atom stereocenters. The average molecular weight is 222 g/mol. The van der Waals surface area contributed by atoms with Crippen molar-refractivity contribution < 1.29 is 9.90 Å². The van der Waals surface area contributed by atoms with Crippen molar-refractivity contribution in [2.45, 2.75) is 18.9 Å². The fourth-order valence-corrected chi connectivity index (χ4v) is 1.45. The Morgan fingerprint density at radius 2 is 2.06 bits per heavy atom. The second-order valence-electron chi connectivity index (χ2n) is 3.61. The molecule has 0 aliphatic heterocycles. The molecule has 4 nitrogen and oxygen atoms in total. The third-order valence-corrected chi connectivity index (χ3v) is 2.33. The molecule has 16 heavy (non-hydrogen) atoms. The first-order chi connectivity index (χ1) is 7.77. The van der Waals surface area contributed by atoms with Gasteiger partial charge in [0.2, 0.25) is 5.91 Å². The van der Waals surface area contributed by atoms with Crippen molar-refractivity contribution in [3.63, 3.8) is 0 Å². The molecular weight excluding hydrogens is 204 g/mol.